The number of nitrogens with one attached hydrogen (secondary N) is 1. The van der Waals surface area contributed by atoms with E-state index in [1.807, 2.05) is 11.4 Å². The van der Waals surface area contributed by atoms with Gasteiger partial charge in [0.25, 0.3) is 5.91 Å². The number of aromatic nitrogens is 1. The van der Waals surface area contributed by atoms with E-state index in [4.69, 9.17) is 4.74 Å². The lowest BCUT2D eigenvalue weighted by Gasteiger charge is -2.13. The van der Waals surface area contributed by atoms with Gasteiger partial charge in [0.05, 0.1) is 18.2 Å². The number of hydrogen-bond acceptors (Lipinski definition) is 6. The second-order valence-corrected chi connectivity index (χ2v) is 4.86. The van der Waals surface area contributed by atoms with E-state index in [2.05, 4.69) is 9.72 Å². The van der Waals surface area contributed by atoms with Crippen LogP contribution in [0.2, 0.25) is 0 Å². The summed E-state index contributed by atoms with van der Waals surface area (Å²) in [5.41, 5.74) is 1.62. The molecule has 7 nitrogen and oxygen atoms in total. The lowest BCUT2D eigenvalue weighted by molar-refractivity contribution is -0.128. The zero-order chi connectivity index (χ0) is 17.0. The molecule has 2 amide bonds. The van der Waals surface area contributed by atoms with Gasteiger partial charge < -0.3 is 9.47 Å². The highest BCUT2D eigenvalue weighted by molar-refractivity contribution is 6.04. The molecule has 23 heavy (non-hydrogen) atoms. The summed E-state index contributed by atoms with van der Waals surface area (Å²) in [6.45, 7) is 3.13. The predicted octanol–water partition coefficient (Wildman–Crippen LogP) is 1.97. The first-order valence-electron chi connectivity index (χ1n) is 6.88. The van der Waals surface area contributed by atoms with Crippen LogP contribution in [-0.4, -0.2) is 36.2 Å². The van der Waals surface area contributed by atoms with E-state index in [-0.39, 0.29) is 0 Å². The Balaban J connectivity index is 2.21. The summed E-state index contributed by atoms with van der Waals surface area (Å²) in [7, 11) is 1.13. The summed E-state index contributed by atoms with van der Waals surface area (Å²) in [6.07, 6.45) is -2.06. The lowest BCUT2D eigenvalue weighted by Crippen LogP contribution is -2.39. The molecule has 0 aliphatic heterocycles. The van der Waals surface area contributed by atoms with Gasteiger partial charge in [-0.25, -0.2) is 9.59 Å². The normalized spacial score (nSPS) is 11.6. The van der Waals surface area contributed by atoms with Crippen molar-refractivity contribution in [2.24, 2.45) is 0 Å². The third-order valence-corrected chi connectivity index (χ3v) is 3.13. The topological polar surface area (TPSA) is 94.6 Å². The molecule has 1 aromatic heterocycles. The van der Waals surface area contributed by atoms with Gasteiger partial charge in [0.15, 0.2) is 6.10 Å². The lowest BCUT2D eigenvalue weighted by atomic mass is 10.1. The van der Waals surface area contributed by atoms with Crippen molar-refractivity contribution in [3.63, 3.8) is 0 Å². The Labute approximate surface area is 132 Å². The number of fused-ring (bicyclic) bond motifs is 1. The number of aryl methyl sites for hydroxylation is 1. The molecule has 2 aromatic rings. The number of imide groups is 1. The van der Waals surface area contributed by atoms with Gasteiger partial charge >= 0.3 is 12.1 Å². The van der Waals surface area contributed by atoms with Crippen molar-refractivity contribution >= 4 is 28.9 Å². The third-order valence-electron chi connectivity index (χ3n) is 3.13. The number of esters is 1. The minimum absolute atomic E-state index is 0.311. The smallest absolute Gasteiger partial charge is 0.413 e. The van der Waals surface area contributed by atoms with E-state index in [9.17, 15) is 14.4 Å². The van der Waals surface area contributed by atoms with Crippen molar-refractivity contribution in [1.82, 2.24) is 10.3 Å². The van der Waals surface area contributed by atoms with Crippen LogP contribution in [0, 0.1) is 6.92 Å². The molecule has 0 spiro atoms. The molecule has 0 saturated heterocycles. The molecular weight excluding hydrogens is 300 g/mol. The van der Waals surface area contributed by atoms with Crippen LogP contribution >= 0.6 is 0 Å². The first kappa shape index (κ1) is 16.4. The molecule has 0 aliphatic rings. The minimum atomic E-state index is -1.14. The fraction of sp³-hybridized carbons (Fsp3) is 0.250. The summed E-state index contributed by atoms with van der Waals surface area (Å²) in [5, 5.41) is 2.57. The Morgan fingerprint density at radius 3 is 2.61 bits per heavy atom. The number of para-hydroxylation sites is 1. The number of amides is 2. The van der Waals surface area contributed by atoms with Crippen LogP contribution in [0.3, 0.4) is 0 Å². The first-order valence-corrected chi connectivity index (χ1v) is 6.88. The second-order valence-electron chi connectivity index (χ2n) is 4.86. The van der Waals surface area contributed by atoms with Gasteiger partial charge in [-0.15, -0.1) is 0 Å². The Morgan fingerprint density at radius 1 is 1.22 bits per heavy atom. The van der Waals surface area contributed by atoms with Crippen molar-refractivity contribution in [3.05, 3.63) is 41.6 Å². The number of methoxy groups -OCH3 is 1. The summed E-state index contributed by atoms with van der Waals surface area (Å²) in [5.74, 6) is -1.43. The number of nitrogens with zero attached hydrogens (tertiary/aromatic N) is 1. The van der Waals surface area contributed by atoms with Gasteiger partial charge in [-0.05, 0) is 26.0 Å². The highest BCUT2D eigenvalue weighted by atomic mass is 16.6. The van der Waals surface area contributed by atoms with Gasteiger partial charge in [0, 0.05) is 11.1 Å². The molecule has 7 heteroatoms. The fourth-order valence-corrected chi connectivity index (χ4v) is 2.01. The summed E-state index contributed by atoms with van der Waals surface area (Å²) in [4.78, 5) is 39.4. The number of rotatable bonds is 3. The van der Waals surface area contributed by atoms with Crippen LogP contribution in [0.1, 0.15) is 23.0 Å². The van der Waals surface area contributed by atoms with Crippen molar-refractivity contribution in [3.8, 4) is 0 Å². The number of benzene rings is 1. The molecule has 0 saturated carbocycles. The number of carbonyl (C=O) groups is 3. The molecule has 120 valence electrons. The maximum Gasteiger partial charge on any atom is 0.413 e. The number of carbonyl (C=O) groups excluding carboxylic acids is 3. The number of hydrogen-bond donors (Lipinski definition) is 1. The van der Waals surface area contributed by atoms with Crippen LogP contribution in [0.4, 0.5) is 4.79 Å². The maximum absolute atomic E-state index is 12.3. The van der Waals surface area contributed by atoms with E-state index in [1.54, 1.807) is 31.2 Å². The minimum Gasteiger partial charge on any atom is -0.453 e. The summed E-state index contributed by atoms with van der Waals surface area (Å²) in [6, 6.07) is 8.72. The van der Waals surface area contributed by atoms with Crippen molar-refractivity contribution < 1.29 is 23.9 Å². The zero-order valence-electron chi connectivity index (χ0n) is 13.0. The molecule has 0 radical (unpaired) electrons. The Morgan fingerprint density at radius 2 is 1.91 bits per heavy atom. The average Bonchev–Trinajstić information content (AvgIpc) is 2.53. The van der Waals surface area contributed by atoms with Crippen molar-refractivity contribution in [2.45, 2.75) is 20.0 Å². The number of ether oxygens (including phenoxy) is 2. The van der Waals surface area contributed by atoms with Gasteiger partial charge in [0.2, 0.25) is 0 Å². The largest absolute Gasteiger partial charge is 0.453 e. The van der Waals surface area contributed by atoms with Crippen molar-refractivity contribution in [1.29, 1.82) is 0 Å². The van der Waals surface area contributed by atoms with Crippen LogP contribution in [0.15, 0.2) is 30.3 Å². The van der Waals surface area contributed by atoms with Gasteiger partial charge in [-0.2, -0.15) is 0 Å². The number of alkyl carbamates (subject to hydrolysis) is 1. The second kappa shape index (κ2) is 6.87. The molecule has 0 unspecified atom stereocenters. The molecule has 1 atom stereocenters. The van der Waals surface area contributed by atoms with E-state index < -0.39 is 24.1 Å². The van der Waals surface area contributed by atoms with Gasteiger partial charge in [-0.1, -0.05) is 18.2 Å². The van der Waals surface area contributed by atoms with Gasteiger partial charge in [0.1, 0.15) is 0 Å². The van der Waals surface area contributed by atoms with E-state index in [0.717, 1.165) is 7.11 Å². The molecule has 1 aromatic carbocycles. The highest BCUT2D eigenvalue weighted by Gasteiger charge is 2.22. The van der Waals surface area contributed by atoms with E-state index in [0.29, 0.717) is 22.2 Å². The van der Waals surface area contributed by atoms with Gasteiger partial charge in [-0.3, -0.25) is 15.1 Å². The Bertz CT molecular complexity index is 772. The van der Waals surface area contributed by atoms with Crippen LogP contribution < -0.4 is 5.32 Å². The monoisotopic (exact) mass is 316 g/mol. The highest BCUT2D eigenvalue weighted by Crippen LogP contribution is 2.19. The van der Waals surface area contributed by atoms with E-state index >= 15 is 0 Å². The SMILES string of the molecule is COC(=O)NC(=O)[C@H](C)OC(=O)c1cc(C)nc2ccccc12. The maximum atomic E-state index is 12.3. The molecule has 1 N–H and O–H groups in total. The molecule has 1 heterocycles. The zero-order valence-corrected chi connectivity index (χ0v) is 13.0. The predicted molar refractivity (Wildman–Crippen MR) is 81.9 cm³/mol. The average molecular weight is 316 g/mol. The first-order chi connectivity index (χ1) is 10.9. The number of pyridine rings is 1. The fourth-order valence-electron chi connectivity index (χ4n) is 2.01. The third kappa shape index (κ3) is 3.82. The molecule has 0 aliphatic carbocycles. The summed E-state index contributed by atoms with van der Waals surface area (Å²) < 4.78 is 9.43. The Hall–Kier alpha value is -2.96. The Kier molecular flexibility index (Phi) is 4.90. The van der Waals surface area contributed by atoms with Crippen LogP contribution in [0.5, 0.6) is 0 Å². The molecule has 0 fully saturated rings. The van der Waals surface area contributed by atoms with E-state index in [1.165, 1.54) is 6.92 Å². The summed E-state index contributed by atoms with van der Waals surface area (Å²) >= 11 is 0. The van der Waals surface area contributed by atoms with Crippen LogP contribution in [0.25, 0.3) is 10.9 Å². The molecule has 2 rings (SSSR count). The van der Waals surface area contributed by atoms with Crippen molar-refractivity contribution in [2.75, 3.05) is 7.11 Å². The standard InChI is InChI=1S/C16H16N2O5/c1-9-8-12(11-6-4-5-7-13(11)17-9)15(20)23-10(2)14(19)18-16(21)22-3/h4-8,10H,1-3H3,(H,18,19,21)/t10-/m0/s1. The molecular formula is C16H16N2O5. The quantitative estimate of drug-likeness (QED) is 0.870. The van der Waals surface area contributed by atoms with Crippen LogP contribution in [-0.2, 0) is 14.3 Å². The molecule has 0 bridgehead atoms.